The van der Waals surface area contributed by atoms with E-state index in [0.717, 1.165) is 37.0 Å². The van der Waals surface area contributed by atoms with Gasteiger partial charge in [-0.15, -0.1) is 0 Å². The standard InChI is InChI=1S/C20H20FN3O/c1-24-9-7-13(8-10-24)19-16-11-15(17(21)12-18(16)22-23-19)20(25)14-5-3-2-4-6-14/h2-6,11-13H,7-10H2,1H3,(H,22,23). The summed E-state index contributed by atoms with van der Waals surface area (Å²) in [6.45, 7) is 2.06. The van der Waals surface area contributed by atoms with Crippen molar-refractivity contribution in [2.45, 2.75) is 18.8 Å². The van der Waals surface area contributed by atoms with Gasteiger partial charge in [-0.25, -0.2) is 4.39 Å². The van der Waals surface area contributed by atoms with Gasteiger partial charge in [0, 0.05) is 28.6 Å². The Hall–Kier alpha value is -2.53. The number of likely N-dealkylation sites (tertiary alicyclic amines) is 1. The normalized spacial score (nSPS) is 16.4. The molecule has 0 radical (unpaired) electrons. The molecule has 0 saturated carbocycles. The molecule has 0 aliphatic carbocycles. The summed E-state index contributed by atoms with van der Waals surface area (Å²) < 4.78 is 14.5. The van der Waals surface area contributed by atoms with Crippen LogP contribution in [0.15, 0.2) is 42.5 Å². The van der Waals surface area contributed by atoms with Crippen LogP contribution in [0.1, 0.15) is 40.4 Å². The van der Waals surface area contributed by atoms with Gasteiger partial charge < -0.3 is 4.90 Å². The third-order valence-corrected chi connectivity index (χ3v) is 5.08. The van der Waals surface area contributed by atoms with Crippen LogP contribution in [-0.2, 0) is 0 Å². The average Bonchev–Trinajstić information content (AvgIpc) is 3.04. The lowest BCUT2D eigenvalue weighted by Crippen LogP contribution is -2.29. The molecule has 4 rings (SSSR count). The number of ketones is 1. The number of fused-ring (bicyclic) bond motifs is 1. The SMILES string of the molecule is CN1CCC(c2[nH]nc3cc(F)c(C(=O)c4ccccc4)cc23)CC1. The molecule has 25 heavy (non-hydrogen) atoms. The lowest BCUT2D eigenvalue weighted by atomic mass is 9.91. The summed E-state index contributed by atoms with van der Waals surface area (Å²) in [6.07, 6.45) is 2.07. The van der Waals surface area contributed by atoms with Gasteiger partial charge in [0.15, 0.2) is 5.78 Å². The smallest absolute Gasteiger partial charge is 0.195 e. The second-order valence-corrected chi connectivity index (χ2v) is 6.76. The topological polar surface area (TPSA) is 49.0 Å². The maximum absolute atomic E-state index is 14.5. The maximum Gasteiger partial charge on any atom is 0.195 e. The summed E-state index contributed by atoms with van der Waals surface area (Å²) in [5.41, 5.74) is 2.20. The monoisotopic (exact) mass is 337 g/mol. The highest BCUT2D eigenvalue weighted by molar-refractivity contribution is 6.10. The Bertz CT molecular complexity index is 911. The second-order valence-electron chi connectivity index (χ2n) is 6.76. The molecular formula is C20H20FN3O. The molecule has 2 heterocycles. The predicted octanol–water partition coefficient (Wildman–Crippen LogP) is 3.74. The fourth-order valence-electron chi connectivity index (χ4n) is 3.58. The molecule has 1 aliphatic rings. The predicted molar refractivity (Wildman–Crippen MR) is 95.4 cm³/mol. The zero-order valence-corrected chi connectivity index (χ0v) is 14.1. The summed E-state index contributed by atoms with van der Waals surface area (Å²) in [5.74, 6) is -0.454. The van der Waals surface area contributed by atoms with Crippen LogP contribution in [0.4, 0.5) is 4.39 Å². The number of hydrogen-bond acceptors (Lipinski definition) is 3. The minimum atomic E-state index is -0.525. The fourth-order valence-corrected chi connectivity index (χ4v) is 3.58. The molecular weight excluding hydrogens is 317 g/mol. The number of halogens is 1. The molecule has 5 heteroatoms. The number of aromatic amines is 1. The third kappa shape index (κ3) is 2.96. The van der Waals surface area contributed by atoms with Crippen molar-refractivity contribution in [1.29, 1.82) is 0 Å². The van der Waals surface area contributed by atoms with Crippen molar-refractivity contribution in [3.05, 3.63) is 65.1 Å². The average molecular weight is 337 g/mol. The first-order chi connectivity index (χ1) is 12.1. The summed E-state index contributed by atoms with van der Waals surface area (Å²) in [6, 6.07) is 11.8. The van der Waals surface area contributed by atoms with Gasteiger partial charge in [0.05, 0.1) is 11.1 Å². The Balaban J connectivity index is 1.75. The molecule has 0 amide bonds. The number of rotatable bonds is 3. The molecule has 128 valence electrons. The highest BCUT2D eigenvalue weighted by Gasteiger charge is 2.24. The molecule has 1 fully saturated rings. The molecule has 3 aromatic rings. The Kier molecular flexibility index (Phi) is 4.09. The number of carbonyl (C=O) groups excluding carboxylic acids is 1. The molecule has 1 N–H and O–H groups in total. The largest absolute Gasteiger partial charge is 0.306 e. The number of aromatic nitrogens is 2. The summed E-state index contributed by atoms with van der Waals surface area (Å²) in [5, 5.41) is 8.20. The zero-order valence-electron chi connectivity index (χ0n) is 14.1. The molecule has 2 aromatic carbocycles. The van der Waals surface area contributed by atoms with E-state index < -0.39 is 5.82 Å². The van der Waals surface area contributed by atoms with Crippen molar-refractivity contribution in [3.63, 3.8) is 0 Å². The van der Waals surface area contributed by atoms with Crippen molar-refractivity contribution in [1.82, 2.24) is 15.1 Å². The highest BCUT2D eigenvalue weighted by atomic mass is 19.1. The van der Waals surface area contributed by atoms with Crippen LogP contribution in [0.5, 0.6) is 0 Å². The van der Waals surface area contributed by atoms with Crippen LogP contribution >= 0.6 is 0 Å². The lowest BCUT2D eigenvalue weighted by Gasteiger charge is -2.28. The second kappa shape index (κ2) is 6.41. The van der Waals surface area contributed by atoms with Crippen LogP contribution in [0, 0.1) is 5.82 Å². The van der Waals surface area contributed by atoms with E-state index in [9.17, 15) is 9.18 Å². The Morgan fingerprint density at radius 1 is 1.20 bits per heavy atom. The van der Waals surface area contributed by atoms with E-state index in [1.165, 1.54) is 6.07 Å². The summed E-state index contributed by atoms with van der Waals surface area (Å²) in [4.78, 5) is 15.0. The number of piperidine rings is 1. The minimum Gasteiger partial charge on any atom is -0.306 e. The first-order valence-electron chi connectivity index (χ1n) is 8.59. The van der Waals surface area contributed by atoms with Crippen molar-refractivity contribution in [2.75, 3.05) is 20.1 Å². The number of nitrogens with zero attached hydrogens (tertiary/aromatic N) is 2. The van der Waals surface area contributed by atoms with Crippen LogP contribution in [0.25, 0.3) is 10.9 Å². The van der Waals surface area contributed by atoms with Crippen LogP contribution in [0.3, 0.4) is 0 Å². The van der Waals surface area contributed by atoms with E-state index in [0.29, 0.717) is 17.0 Å². The summed E-state index contributed by atoms with van der Waals surface area (Å²) in [7, 11) is 2.12. The lowest BCUT2D eigenvalue weighted by molar-refractivity contribution is 0.103. The van der Waals surface area contributed by atoms with Gasteiger partial charge >= 0.3 is 0 Å². The minimum absolute atomic E-state index is 0.106. The van der Waals surface area contributed by atoms with E-state index in [-0.39, 0.29) is 11.3 Å². The molecule has 4 nitrogen and oxygen atoms in total. The van der Waals surface area contributed by atoms with E-state index in [1.54, 1.807) is 30.3 Å². The van der Waals surface area contributed by atoms with Crippen molar-refractivity contribution in [3.8, 4) is 0 Å². The van der Waals surface area contributed by atoms with Crippen LogP contribution in [0.2, 0.25) is 0 Å². The first-order valence-corrected chi connectivity index (χ1v) is 8.59. The molecule has 0 bridgehead atoms. The zero-order chi connectivity index (χ0) is 17.4. The van der Waals surface area contributed by atoms with E-state index in [1.807, 2.05) is 6.07 Å². The van der Waals surface area contributed by atoms with Crippen LogP contribution in [-0.4, -0.2) is 41.0 Å². The maximum atomic E-state index is 14.5. The Morgan fingerprint density at radius 3 is 2.64 bits per heavy atom. The Labute approximate surface area is 145 Å². The van der Waals surface area contributed by atoms with E-state index in [2.05, 4.69) is 22.1 Å². The molecule has 1 aromatic heterocycles. The molecule has 0 atom stereocenters. The number of hydrogen-bond donors (Lipinski definition) is 1. The van der Waals surface area contributed by atoms with Crippen LogP contribution < -0.4 is 0 Å². The van der Waals surface area contributed by atoms with Gasteiger partial charge in [-0.2, -0.15) is 5.10 Å². The Morgan fingerprint density at radius 2 is 1.92 bits per heavy atom. The number of carbonyl (C=O) groups is 1. The fraction of sp³-hybridized carbons (Fsp3) is 0.300. The molecule has 0 spiro atoms. The van der Waals surface area contributed by atoms with Crippen molar-refractivity contribution in [2.24, 2.45) is 0 Å². The van der Waals surface area contributed by atoms with Crippen molar-refractivity contribution >= 4 is 16.7 Å². The molecule has 0 unspecified atom stereocenters. The molecule has 1 aliphatic heterocycles. The van der Waals surface area contributed by atoms with Gasteiger partial charge in [0.2, 0.25) is 0 Å². The number of H-pyrrole nitrogens is 1. The van der Waals surface area contributed by atoms with Gasteiger partial charge in [-0.3, -0.25) is 9.89 Å². The van der Waals surface area contributed by atoms with Gasteiger partial charge in [0.25, 0.3) is 0 Å². The molecule has 1 saturated heterocycles. The quantitative estimate of drug-likeness (QED) is 0.741. The number of benzene rings is 2. The van der Waals surface area contributed by atoms with E-state index >= 15 is 0 Å². The summed E-state index contributed by atoms with van der Waals surface area (Å²) >= 11 is 0. The third-order valence-electron chi connectivity index (χ3n) is 5.08. The first kappa shape index (κ1) is 16.0. The number of nitrogens with one attached hydrogen (secondary N) is 1. The van der Waals surface area contributed by atoms with Gasteiger partial charge in [-0.1, -0.05) is 30.3 Å². The highest BCUT2D eigenvalue weighted by Crippen LogP contribution is 2.32. The van der Waals surface area contributed by atoms with Gasteiger partial charge in [-0.05, 0) is 39.0 Å². The van der Waals surface area contributed by atoms with Gasteiger partial charge in [0.1, 0.15) is 5.82 Å². The van der Waals surface area contributed by atoms with Crippen molar-refractivity contribution < 1.29 is 9.18 Å². The van der Waals surface area contributed by atoms with E-state index in [4.69, 9.17) is 0 Å².